The lowest BCUT2D eigenvalue weighted by molar-refractivity contribution is 0.102. The van der Waals surface area contributed by atoms with Crippen LogP contribution < -0.4 is 15.6 Å². The third-order valence-corrected chi connectivity index (χ3v) is 5.04. The van der Waals surface area contributed by atoms with Crippen LogP contribution in [0.2, 0.25) is 0 Å². The van der Waals surface area contributed by atoms with Gasteiger partial charge in [-0.1, -0.05) is 41.7 Å². The molecular weight excluding hydrogens is 376 g/mol. The Kier molecular flexibility index (Phi) is 4.86. The lowest BCUT2D eigenvalue weighted by Crippen LogP contribution is -2.16. The van der Waals surface area contributed by atoms with Gasteiger partial charge in [-0.25, -0.2) is 0 Å². The highest BCUT2D eigenvalue weighted by Gasteiger charge is 2.14. The zero-order chi connectivity index (χ0) is 19.5. The number of ether oxygens (including phenoxy) is 1. The van der Waals surface area contributed by atoms with Gasteiger partial charge in [0.25, 0.3) is 5.91 Å². The summed E-state index contributed by atoms with van der Waals surface area (Å²) >= 11 is 1.30. The quantitative estimate of drug-likeness (QED) is 0.543. The van der Waals surface area contributed by atoms with Gasteiger partial charge in [0.05, 0.1) is 12.7 Å². The van der Waals surface area contributed by atoms with E-state index in [2.05, 4.69) is 20.5 Å². The highest BCUT2D eigenvalue weighted by molar-refractivity contribution is 7.15. The van der Waals surface area contributed by atoms with E-state index in [1.165, 1.54) is 17.4 Å². The lowest BCUT2D eigenvalue weighted by atomic mass is 10.1. The number of para-hydroxylation sites is 1. The van der Waals surface area contributed by atoms with Crippen LogP contribution in [0.5, 0.6) is 5.75 Å². The van der Waals surface area contributed by atoms with E-state index >= 15 is 0 Å². The Balaban J connectivity index is 1.52. The summed E-state index contributed by atoms with van der Waals surface area (Å²) in [5.41, 5.74) is 1.64. The molecule has 0 unspecified atom stereocenters. The van der Waals surface area contributed by atoms with E-state index in [4.69, 9.17) is 4.74 Å². The minimum atomic E-state index is -0.394. The number of aromatic amines is 1. The third kappa shape index (κ3) is 3.77. The van der Waals surface area contributed by atoms with Gasteiger partial charge in [-0.15, -0.1) is 10.2 Å². The smallest absolute Gasteiger partial charge is 0.258 e. The average molecular weight is 392 g/mol. The van der Waals surface area contributed by atoms with E-state index in [9.17, 15) is 9.59 Å². The number of nitrogens with one attached hydrogen (secondary N) is 2. The van der Waals surface area contributed by atoms with Crippen LogP contribution in [0, 0.1) is 0 Å². The summed E-state index contributed by atoms with van der Waals surface area (Å²) in [7, 11) is 1.62. The molecule has 2 N–H and O–H groups in total. The van der Waals surface area contributed by atoms with E-state index in [0.29, 0.717) is 28.0 Å². The summed E-state index contributed by atoms with van der Waals surface area (Å²) < 4.78 is 5.15. The predicted octanol–water partition coefficient (Wildman–Crippen LogP) is 3.23. The Morgan fingerprint density at radius 3 is 2.71 bits per heavy atom. The van der Waals surface area contributed by atoms with Gasteiger partial charge in [0.2, 0.25) is 10.7 Å². The molecule has 4 rings (SSSR count). The van der Waals surface area contributed by atoms with E-state index in [-0.39, 0.29) is 5.56 Å². The number of methoxy groups -OCH3 is 1. The van der Waals surface area contributed by atoms with E-state index < -0.39 is 5.91 Å². The number of H-pyrrole nitrogens is 1. The summed E-state index contributed by atoms with van der Waals surface area (Å²) in [5, 5.41) is 12.7. The largest absolute Gasteiger partial charge is 0.497 e. The molecule has 2 aromatic carbocycles. The molecule has 140 valence electrons. The minimum Gasteiger partial charge on any atom is -0.497 e. The van der Waals surface area contributed by atoms with Crippen molar-refractivity contribution in [2.24, 2.45) is 0 Å². The summed E-state index contributed by atoms with van der Waals surface area (Å²) in [6.45, 7) is 0. The van der Waals surface area contributed by atoms with Crippen LogP contribution in [0.4, 0.5) is 5.13 Å². The van der Waals surface area contributed by atoms with Gasteiger partial charge in [0.1, 0.15) is 10.8 Å². The van der Waals surface area contributed by atoms with Crippen molar-refractivity contribution in [2.75, 3.05) is 12.4 Å². The number of hydrogen-bond donors (Lipinski definition) is 2. The number of pyridine rings is 1. The topological polar surface area (TPSA) is 97.0 Å². The molecule has 0 radical (unpaired) electrons. The zero-order valence-corrected chi connectivity index (χ0v) is 15.7. The second kappa shape index (κ2) is 7.61. The number of anilines is 1. The monoisotopic (exact) mass is 392 g/mol. The van der Waals surface area contributed by atoms with E-state index in [0.717, 1.165) is 16.3 Å². The molecule has 28 heavy (non-hydrogen) atoms. The number of amides is 1. The van der Waals surface area contributed by atoms with Crippen molar-refractivity contribution in [2.45, 2.75) is 6.42 Å². The standard InChI is InChI=1S/C20H16N4O3S/c1-27-13-8-6-12(7-9-13)10-18-23-24-20(28-18)22-19(26)15-11-17(25)21-16-5-3-2-4-14(15)16/h2-9,11H,10H2,1H3,(H,21,25)(H,22,24,26). The number of carbonyl (C=O) groups is 1. The number of rotatable bonds is 5. The van der Waals surface area contributed by atoms with Crippen molar-refractivity contribution in [1.82, 2.24) is 15.2 Å². The first-order chi connectivity index (χ1) is 13.6. The molecule has 0 aliphatic rings. The number of benzene rings is 2. The average Bonchev–Trinajstić information content (AvgIpc) is 3.14. The minimum absolute atomic E-state index is 0.297. The first-order valence-electron chi connectivity index (χ1n) is 8.51. The van der Waals surface area contributed by atoms with E-state index in [1.807, 2.05) is 30.3 Å². The van der Waals surface area contributed by atoms with Crippen molar-refractivity contribution in [3.05, 3.63) is 81.1 Å². The molecule has 8 heteroatoms. The van der Waals surface area contributed by atoms with Gasteiger partial charge in [-0.05, 0) is 23.8 Å². The molecule has 2 aromatic heterocycles. The van der Waals surface area contributed by atoms with Crippen molar-refractivity contribution in [1.29, 1.82) is 0 Å². The highest BCUT2D eigenvalue weighted by Crippen LogP contribution is 2.22. The fourth-order valence-electron chi connectivity index (χ4n) is 2.85. The Morgan fingerprint density at radius 2 is 1.93 bits per heavy atom. The molecule has 0 spiro atoms. The summed E-state index contributed by atoms with van der Waals surface area (Å²) in [5.74, 6) is 0.397. The van der Waals surface area contributed by atoms with Gasteiger partial charge >= 0.3 is 0 Å². The van der Waals surface area contributed by atoms with Gasteiger partial charge in [0.15, 0.2) is 0 Å². The molecular formula is C20H16N4O3S. The molecule has 0 aliphatic heterocycles. The molecule has 0 aliphatic carbocycles. The molecule has 0 saturated heterocycles. The van der Waals surface area contributed by atoms with Crippen LogP contribution in [0.25, 0.3) is 10.9 Å². The second-order valence-electron chi connectivity index (χ2n) is 6.07. The van der Waals surface area contributed by atoms with Crippen LogP contribution >= 0.6 is 11.3 Å². The Hall–Kier alpha value is -3.52. The molecule has 0 saturated carbocycles. The van der Waals surface area contributed by atoms with Crippen molar-refractivity contribution >= 4 is 33.3 Å². The molecule has 4 aromatic rings. The van der Waals surface area contributed by atoms with Crippen LogP contribution in [0.3, 0.4) is 0 Å². The van der Waals surface area contributed by atoms with Gasteiger partial charge in [0, 0.05) is 23.4 Å². The Morgan fingerprint density at radius 1 is 1.14 bits per heavy atom. The normalized spacial score (nSPS) is 10.8. The number of aromatic nitrogens is 3. The number of fused-ring (bicyclic) bond motifs is 1. The second-order valence-corrected chi connectivity index (χ2v) is 7.13. The number of carbonyl (C=O) groups excluding carboxylic acids is 1. The van der Waals surface area contributed by atoms with Crippen LogP contribution in [0.1, 0.15) is 20.9 Å². The highest BCUT2D eigenvalue weighted by atomic mass is 32.1. The molecule has 2 heterocycles. The molecule has 1 amide bonds. The van der Waals surface area contributed by atoms with E-state index in [1.54, 1.807) is 25.3 Å². The fourth-order valence-corrected chi connectivity index (χ4v) is 3.62. The third-order valence-electron chi connectivity index (χ3n) is 4.20. The maximum absolute atomic E-state index is 12.7. The number of nitrogens with zero attached hydrogens (tertiary/aromatic N) is 2. The summed E-state index contributed by atoms with van der Waals surface area (Å²) in [6.07, 6.45) is 0.603. The lowest BCUT2D eigenvalue weighted by Gasteiger charge is -2.05. The fraction of sp³-hybridized carbons (Fsp3) is 0.100. The number of hydrogen-bond acceptors (Lipinski definition) is 6. The maximum Gasteiger partial charge on any atom is 0.258 e. The Bertz CT molecular complexity index is 1200. The van der Waals surface area contributed by atoms with Gasteiger partial charge < -0.3 is 9.72 Å². The van der Waals surface area contributed by atoms with Crippen molar-refractivity contribution < 1.29 is 9.53 Å². The summed E-state index contributed by atoms with van der Waals surface area (Å²) in [6, 6.07) is 16.1. The maximum atomic E-state index is 12.7. The summed E-state index contributed by atoms with van der Waals surface area (Å²) in [4.78, 5) is 27.2. The Labute approximate surface area is 164 Å². The molecule has 7 nitrogen and oxygen atoms in total. The molecule has 0 atom stereocenters. The van der Waals surface area contributed by atoms with Gasteiger partial charge in [-0.3, -0.25) is 14.9 Å². The zero-order valence-electron chi connectivity index (χ0n) is 14.9. The van der Waals surface area contributed by atoms with Gasteiger partial charge in [-0.2, -0.15) is 0 Å². The predicted molar refractivity (Wildman–Crippen MR) is 108 cm³/mol. The first kappa shape index (κ1) is 17.9. The van der Waals surface area contributed by atoms with Crippen LogP contribution in [-0.4, -0.2) is 28.2 Å². The first-order valence-corrected chi connectivity index (χ1v) is 9.33. The molecule has 0 bridgehead atoms. The van der Waals surface area contributed by atoms with Crippen molar-refractivity contribution in [3.8, 4) is 5.75 Å². The molecule has 0 fully saturated rings. The van der Waals surface area contributed by atoms with Crippen molar-refractivity contribution in [3.63, 3.8) is 0 Å². The SMILES string of the molecule is COc1ccc(Cc2nnc(NC(=O)c3cc(=O)[nH]c4ccccc34)s2)cc1. The van der Waals surface area contributed by atoms with Crippen LogP contribution in [0.15, 0.2) is 59.4 Å². The van der Waals surface area contributed by atoms with Crippen LogP contribution in [-0.2, 0) is 6.42 Å².